The van der Waals surface area contributed by atoms with Crippen LogP contribution in [-0.4, -0.2) is 52.4 Å². The van der Waals surface area contributed by atoms with Gasteiger partial charge in [-0.3, -0.25) is 0 Å². The van der Waals surface area contributed by atoms with E-state index in [0.717, 1.165) is 0 Å². The number of hydrogen-bond donors (Lipinski definition) is 3. The van der Waals surface area contributed by atoms with Crippen LogP contribution in [0.4, 0.5) is 0 Å². The third-order valence-electron chi connectivity index (χ3n) is 2.21. The third kappa shape index (κ3) is 2.31. The molecular weight excluding hydrogens is 291 g/mol. The number of halogens is 1. The summed E-state index contributed by atoms with van der Waals surface area (Å²) in [5.41, 5.74) is 0. The average molecular weight is 304 g/mol. The molecule has 1 saturated heterocycles. The van der Waals surface area contributed by atoms with Gasteiger partial charge in [-0.05, 0) is 6.92 Å². The summed E-state index contributed by atoms with van der Waals surface area (Å²) >= 11 is 1.62. The zero-order valence-electron chi connectivity index (χ0n) is 7.13. The van der Waals surface area contributed by atoms with Crippen molar-refractivity contribution in [2.24, 2.45) is 0 Å². The molecule has 78 valence electrons. The van der Waals surface area contributed by atoms with Gasteiger partial charge in [-0.2, -0.15) is 0 Å². The van der Waals surface area contributed by atoms with Gasteiger partial charge in [0, 0.05) is 0 Å². The average Bonchev–Trinajstić information content (AvgIpc) is 2.12. The van der Waals surface area contributed by atoms with Crippen molar-refractivity contribution in [1.29, 1.82) is 0 Å². The van der Waals surface area contributed by atoms with Gasteiger partial charge < -0.3 is 23.1 Å². The molecule has 1 heterocycles. The number of rotatable bonds is 2. The lowest BCUT2D eigenvalue weighted by atomic mass is 9.96. The van der Waals surface area contributed by atoms with Crippen molar-refractivity contribution >= 4 is 23.0 Å². The standard InChI is InChI=1S/C7H13IO5/c1-3-5(10)7(13-8)6(11)4(2-9)12-3/h3-7,9-11H,2H2,1H3/t3?,4?,5?,6-,7?/m0/s1. The predicted molar refractivity (Wildman–Crippen MR) is 52.3 cm³/mol. The molecule has 6 heteroatoms. The van der Waals surface area contributed by atoms with Crippen LogP contribution in [0.15, 0.2) is 0 Å². The van der Waals surface area contributed by atoms with Crippen molar-refractivity contribution in [3.63, 3.8) is 0 Å². The fourth-order valence-electron chi connectivity index (χ4n) is 1.37. The Morgan fingerprint density at radius 1 is 1.38 bits per heavy atom. The lowest BCUT2D eigenvalue weighted by molar-refractivity contribution is -0.211. The molecule has 1 fully saturated rings. The van der Waals surface area contributed by atoms with Crippen LogP contribution in [0.5, 0.6) is 0 Å². The molecule has 0 aromatic carbocycles. The van der Waals surface area contributed by atoms with E-state index in [0.29, 0.717) is 0 Å². The summed E-state index contributed by atoms with van der Waals surface area (Å²) in [5, 5.41) is 27.9. The van der Waals surface area contributed by atoms with E-state index in [2.05, 4.69) is 0 Å². The van der Waals surface area contributed by atoms with E-state index in [9.17, 15) is 10.2 Å². The maximum Gasteiger partial charge on any atom is 0.127 e. The van der Waals surface area contributed by atoms with Crippen LogP contribution in [0, 0.1) is 0 Å². The Labute approximate surface area is 90.3 Å². The molecule has 0 aromatic rings. The van der Waals surface area contributed by atoms with Crippen LogP contribution >= 0.6 is 23.0 Å². The highest BCUT2D eigenvalue weighted by Crippen LogP contribution is 2.24. The maximum absolute atomic E-state index is 9.54. The molecule has 0 spiro atoms. The van der Waals surface area contributed by atoms with Crippen LogP contribution < -0.4 is 0 Å². The maximum atomic E-state index is 9.54. The Bertz CT molecular complexity index is 167. The van der Waals surface area contributed by atoms with E-state index in [1.807, 2.05) is 0 Å². The third-order valence-corrected chi connectivity index (χ3v) is 2.79. The second-order valence-corrected chi connectivity index (χ2v) is 3.61. The van der Waals surface area contributed by atoms with E-state index in [1.54, 1.807) is 29.9 Å². The van der Waals surface area contributed by atoms with Gasteiger partial charge in [-0.25, -0.2) is 0 Å². The molecule has 1 rings (SSSR count). The first-order chi connectivity index (χ1) is 6.11. The van der Waals surface area contributed by atoms with Crippen LogP contribution in [0.25, 0.3) is 0 Å². The fourth-order valence-corrected chi connectivity index (χ4v) is 1.98. The Morgan fingerprint density at radius 3 is 2.46 bits per heavy atom. The van der Waals surface area contributed by atoms with Gasteiger partial charge in [0.2, 0.25) is 0 Å². The molecule has 1 aliphatic rings. The van der Waals surface area contributed by atoms with E-state index in [-0.39, 0.29) is 6.61 Å². The lowest BCUT2D eigenvalue weighted by Crippen LogP contribution is -2.57. The summed E-state index contributed by atoms with van der Waals surface area (Å²) in [6, 6.07) is 0. The lowest BCUT2D eigenvalue weighted by Gasteiger charge is -2.39. The molecule has 4 unspecified atom stereocenters. The highest BCUT2D eigenvalue weighted by Gasteiger charge is 2.43. The first-order valence-corrected chi connectivity index (χ1v) is 4.89. The quantitative estimate of drug-likeness (QED) is 0.584. The Balaban J connectivity index is 2.69. The molecule has 1 aliphatic heterocycles. The Morgan fingerprint density at radius 2 is 2.00 bits per heavy atom. The van der Waals surface area contributed by atoms with Crippen molar-refractivity contribution in [1.82, 2.24) is 0 Å². The van der Waals surface area contributed by atoms with Crippen LogP contribution in [-0.2, 0) is 7.80 Å². The van der Waals surface area contributed by atoms with Gasteiger partial charge >= 0.3 is 0 Å². The summed E-state index contributed by atoms with van der Waals surface area (Å²) in [5.74, 6) is 0. The summed E-state index contributed by atoms with van der Waals surface area (Å²) in [4.78, 5) is 0. The first kappa shape index (κ1) is 11.6. The number of ether oxygens (including phenoxy) is 1. The van der Waals surface area contributed by atoms with Crippen LogP contribution in [0.2, 0.25) is 0 Å². The van der Waals surface area contributed by atoms with E-state index >= 15 is 0 Å². The zero-order chi connectivity index (χ0) is 10.0. The van der Waals surface area contributed by atoms with Crippen molar-refractivity contribution < 1.29 is 23.1 Å². The number of hydrogen-bond acceptors (Lipinski definition) is 5. The molecule has 3 N–H and O–H groups in total. The Hall–Kier alpha value is 0.530. The van der Waals surface area contributed by atoms with E-state index < -0.39 is 30.5 Å². The molecule has 0 aliphatic carbocycles. The van der Waals surface area contributed by atoms with Crippen LogP contribution in [0.3, 0.4) is 0 Å². The topological polar surface area (TPSA) is 79.2 Å². The highest BCUT2D eigenvalue weighted by atomic mass is 127. The normalized spacial score (nSPS) is 46.4. The summed E-state index contributed by atoms with van der Waals surface area (Å²) in [6.45, 7) is 1.39. The van der Waals surface area contributed by atoms with Gasteiger partial charge in [0.1, 0.15) is 47.4 Å². The largest absolute Gasteiger partial charge is 0.394 e. The molecule has 0 bridgehead atoms. The van der Waals surface area contributed by atoms with Gasteiger partial charge in [0.05, 0.1) is 12.7 Å². The van der Waals surface area contributed by atoms with E-state index in [4.69, 9.17) is 12.9 Å². The van der Waals surface area contributed by atoms with Crippen LogP contribution in [0.1, 0.15) is 6.92 Å². The summed E-state index contributed by atoms with van der Waals surface area (Å²) < 4.78 is 10.1. The second kappa shape index (κ2) is 4.85. The smallest absolute Gasteiger partial charge is 0.127 e. The number of aliphatic hydroxyl groups is 3. The molecule has 0 radical (unpaired) electrons. The minimum absolute atomic E-state index is 0.283. The molecule has 5 nitrogen and oxygen atoms in total. The number of aliphatic hydroxyl groups excluding tert-OH is 3. The molecule has 0 aromatic heterocycles. The van der Waals surface area contributed by atoms with Gasteiger partial charge in [0.25, 0.3) is 0 Å². The first-order valence-electron chi connectivity index (χ1n) is 4.01. The summed E-state index contributed by atoms with van der Waals surface area (Å²) in [6.07, 6.45) is -3.69. The van der Waals surface area contributed by atoms with Crippen molar-refractivity contribution in [3.8, 4) is 0 Å². The predicted octanol–water partition coefficient (Wildman–Crippen LogP) is -0.777. The zero-order valence-corrected chi connectivity index (χ0v) is 9.29. The van der Waals surface area contributed by atoms with Gasteiger partial charge in [0.15, 0.2) is 0 Å². The molecule has 13 heavy (non-hydrogen) atoms. The van der Waals surface area contributed by atoms with E-state index in [1.165, 1.54) is 0 Å². The Kier molecular flexibility index (Phi) is 4.33. The molecule has 0 amide bonds. The van der Waals surface area contributed by atoms with Crippen molar-refractivity contribution in [2.75, 3.05) is 6.61 Å². The SMILES string of the molecule is CC1OC(CO)[C@H](O)C(OI)C1O. The minimum Gasteiger partial charge on any atom is -0.394 e. The van der Waals surface area contributed by atoms with Gasteiger partial charge in [-0.15, -0.1) is 0 Å². The molecule has 0 saturated carbocycles. The molecular formula is C7H13IO5. The minimum atomic E-state index is -0.992. The fraction of sp³-hybridized carbons (Fsp3) is 1.00. The monoisotopic (exact) mass is 304 g/mol. The van der Waals surface area contributed by atoms with Crippen molar-refractivity contribution in [3.05, 3.63) is 0 Å². The molecule has 5 atom stereocenters. The van der Waals surface area contributed by atoms with Crippen molar-refractivity contribution in [2.45, 2.75) is 37.4 Å². The second-order valence-electron chi connectivity index (χ2n) is 3.10. The van der Waals surface area contributed by atoms with Gasteiger partial charge in [-0.1, -0.05) is 0 Å². The highest BCUT2D eigenvalue weighted by molar-refractivity contribution is 14.1. The summed E-state index contributed by atoms with van der Waals surface area (Å²) in [7, 11) is 0.